The highest BCUT2D eigenvalue weighted by atomic mass is 32.2. The Labute approximate surface area is 115 Å². The second kappa shape index (κ2) is 5.57. The zero-order chi connectivity index (χ0) is 13.9. The van der Waals surface area contributed by atoms with Crippen LogP contribution >= 0.6 is 0 Å². The Morgan fingerprint density at radius 2 is 1.53 bits per heavy atom. The molecule has 0 saturated carbocycles. The molecule has 3 heteroatoms. The molecule has 0 radical (unpaired) electrons. The minimum Gasteiger partial charge on any atom is -0.224 e. The summed E-state index contributed by atoms with van der Waals surface area (Å²) in [5, 5.41) is 0. The van der Waals surface area contributed by atoms with Crippen LogP contribution in [0.25, 0.3) is 11.1 Å². The number of rotatable bonds is 4. The van der Waals surface area contributed by atoms with E-state index in [2.05, 4.69) is 0 Å². The molecular weight excluding hydrogens is 256 g/mol. The van der Waals surface area contributed by atoms with Gasteiger partial charge in [-0.2, -0.15) is 0 Å². The van der Waals surface area contributed by atoms with Gasteiger partial charge in [0.1, 0.15) is 0 Å². The molecule has 0 heterocycles. The fourth-order valence-electron chi connectivity index (χ4n) is 2.03. The molecule has 0 aliphatic rings. The molecule has 0 aliphatic heterocycles. The number of sulfone groups is 1. The lowest BCUT2D eigenvalue weighted by molar-refractivity contribution is 0.582. The van der Waals surface area contributed by atoms with Crippen molar-refractivity contribution in [3.63, 3.8) is 0 Å². The van der Waals surface area contributed by atoms with Crippen LogP contribution in [0, 0.1) is 5.92 Å². The van der Waals surface area contributed by atoms with Gasteiger partial charge >= 0.3 is 0 Å². The Morgan fingerprint density at radius 3 is 2.16 bits per heavy atom. The first-order chi connectivity index (χ1) is 8.99. The first-order valence-corrected chi connectivity index (χ1v) is 8.02. The molecule has 2 rings (SSSR count). The molecule has 0 bridgehead atoms. The van der Waals surface area contributed by atoms with Crippen LogP contribution in [0.5, 0.6) is 0 Å². The van der Waals surface area contributed by atoms with Crippen LogP contribution in [0.15, 0.2) is 59.5 Å². The summed E-state index contributed by atoms with van der Waals surface area (Å²) in [4.78, 5) is 0.405. The van der Waals surface area contributed by atoms with E-state index in [4.69, 9.17) is 0 Å². The lowest BCUT2D eigenvalue weighted by Crippen LogP contribution is -2.11. The molecule has 2 aromatic rings. The molecule has 0 aromatic heterocycles. The molecule has 0 fully saturated rings. The minimum atomic E-state index is -3.19. The van der Waals surface area contributed by atoms with Gasteiger partial charge in [0.05, 0.1) is 10.6 Å². The molecule has 0 spiro atoms. The van der Waals surface area contributed by atoms with Crippen molar-refractivity contribution in [2.75, 3.05) is 5.75 Å². The smallest absolute Gasteiger partial charge is 0.178 e. The van der Waals surface area contributed by atoms with E-state index in [-0.39, 0.29) is 11.7 Å². The van der Waals surface area contributed by atoms with E-state index in [0.29, 0.717) is 4.90 Å². The second-order valence-electron chi connectivity index (χ2n) is 5.07. The molecule has 2 nitrogen and oxygen atoms in total. The zero-order valence-corrected chi connectivity index (χ0v) is 12.0. The van der Waals surface area contributed by atoms with Gasteiger partial charge in [0, 0.05) is 0 Å². The fourth-order valence-corrected chi connectivity index (χ4v) is 3.70. The van der Waals surface area contributed by atoms with Crippen LogP contribution in [0.3, 0.4) is 0 Å². The summed E-state index contributed by atoms with van der Waals surface area (Å²) in [6, 6.07) is 17.0. The van der Waals surface area contributed by atoms with Gasteiger partial charge in [0.15, 0.2) is 9.84 Å². The van der Waals surface area contributed by atoms with Crippen LogP contribution in [0.1, 0.15) is 13.8 Å². The van der Waals surface area contributed by atoms with E-state index in [1.807, 2.05) is 50.2 Å². The third-order valence-corrected chi connectivity index (χ3v) is 4.93. The molecule has 0 atom stereocenters. The Balaban J connectivity index is 2.41. The van der Waals surface area contributed by atoms with Gasteiger partial charge < -0.3 is 0 Å². The molecule has 100 valence electrons. The van der Waals surface area contributed by atoms with Crippen LogP contribution in [0.4, 0.5) is 0 Å². The molecule has 19 heavy (non-hydrogen) atoms. The number of hydrogen-bond donors (Lipinski definition) is 0. The highest BCUT2D eigenvalue weighted by Crippen LogP contribution is 2.23. The predicted molar refractivity (Wildman–Crippen MR) is 78.8 cm³/mol. The molecule has 0 N–H and O–H groups in total. The maximum absolute atomic E-state index is 12.2. The maximum Gasteiger partial charge on any atom is 0.178 e. The third kappa shape index (κ3) is 3.44. The molecule has 0 amide bonds. The van der Waals surface area contributed by atoms with Crippen molar-refractivity contribution in [1.82, 2.24) is 0 Å². The van der Waals surface area contributed by atoms with Crippen LogP contribution in [-0.2, 0) is 9.84 Å². The van der Waals surface area contributed by atoms with Crippen molar-refractivity contribution >= 4 is 9.84 Å². The van der Waals surface area contributed by atoms with Gasteiger partial charge in [-0.25, -0.2) is 8.42 Å². The average molecular weight is 274 g/mol. The SMILES string of the molecule is CC(C)CS(=O)(=O)c1cccc(-c2ccccc2)c1. The summed E-state index contributed by atoms with van der Waals surface area (Å²) in [5.41, 5.74) is 1.97. The van der Waals surface area contributed by atoms with Crippen LogP contribution < -0.4 is 0 Å². The highest BCUT2D eigenvalue weighted by molar-refractivity contribution is 7.91. The lowest BCUT2D eigenvalue weighted by atomic mass is 10.1. The zero-order valence-electron chi connectivity index (χ0n) is 11.2. The monoisotopic (exact) mass is 274 g/mol. The molecule has 2 aromatic carbocycles. The quantitative estimate of drug-likeness (QED) is 0.850. The normalized spacial score (nSPS) is 11.7. The summed E-state index contributed by atoms with van der Waals surface area (Å²) >= 11 is 0. The molecule has 0 aliphatic carbocycles. The van der Waals surface area contributed by atoms with Crippen molar-refractivity contribution < 1.29 is 8.42 Å². The maximum atomic E-state index is 12.2. The fraction of sp³-hybridized carbons (Fsp3) is 0.250. The van der Waals surface area contributed by atoms with Crippen molar-refractivity contribution in [3.8, 4) is 11.1 Å². The summed E-state index contributed by atoms with van der Waals surface area (Å²) in [7, 11) is -3.19. The summed E-state index contributed by atoms with van der Waals surface area (Å²) in [6.45, 7) is 3.83. The van der Waals surface area contributed by atoms with Gasteiger partial charge in [-0.1, -0.05) is 56.3 Å². The van der Waals surface area contributed by atoms with Crippen LogP contribution in [0.2, 0.25) is 0 Å². The van der Waals surface area contributed by atoms with E-state index in [1.165, 1.54) is 0 Å². The minimum absolute atomic E-state index is 0.130. The summed E-state index contributed by atoms with van der Waals surface area (Å²) in [6.07, 6.45) is 0. The number of hydrogen-bond acceptors (Lipinski definition) is 2. The van der Waals surface area contributed by atoms with Gasteiger partial charge in [0.25, 0.3) is 0 Å². The van der Waals surface area contributed by atoms with E-state index >= 15 is 0 Å². The van der Waals surface area contributed by atoms with E-state index in [9.17, 15) is 8.42 Å². The third-order valence-electron chi connectivity index (χ3n) is 2.85. The van der Waals surface area contributed by atoms with Crippen LogP contribution in [-0.4, -0.2) is 14.2 Å². The Kier molecular flexibility index (Phi) is 4.05. The average Bonchev–Trinajstić information content (AvgIpc) is 2.38. The van der Waals surface area contributed by atoms with Gasteiger partial charge in [0.2, 0.25) is 0 Å². The van der Waals surface area contributed by atoms with E-state index < -0.39 is 9.84 Å². The lowest BCUT2D eigenvalue weighted by Gasteiger charge is -2.09. The topological polar surface area (TPSA) is 34.1 Å². The first kappa shape index (κ1) is 13.8. The predicted octanol–water partition coefficient (Wildman–Crippen LogP) is 3.78. The van der Waals surface area contributed by atoms with Crippen molar-refractivity contribution in [2.45, 2.75) is 18.7 Å². The van der Waals surface area contributed by atoms with Crippen molar-refractivity contribution in [1.29, 1.82) is 0 Å². The highest BCUT2D eigenvalue weighted by Gasteiger charge is 2.16. The largest absolute Gasteiger partial charge is 0.224 e. The van der Waals surface area contributed by atoms with E-state index in [1.54, 1.807) is 18.2 Å². The Bertz CT molecular complexity index is 643. The molecule has 0 unspecified atom stereocenters. The second-order valence-corrected chi connectivity index (χ2v) is 7.10. The molecule has 0 saturated heterocycles. The van der Waals surface area contributed by atoms with Gasteiger partial charge in [-0.3, -0.25) is 0 Å². The van der Waals surface area contributed by atoms with Crippen molar-refractivity contribution in [3.05, 3.63) is 54.6 Å². The van der Waals surface area contributed by atoms with Crippen molar-refractivity contribution in [2.24, 2.45) is 5.92 Å². The standard InChI is InChI=1S/C16H18O2S/c1-13(2)12-19(17,18)16-10-6-9-15(11-16)14-7-4-3-5-8-14/h3-11,13H,12H2,1-2H3. The molecular formula is C16H18O2S. The first-order valence-electron chi connectivity index (χ1n) is 6.37. The Hall–Kier alpha value is -1.61. The summed E-state index contributed by atoms with van der Waals surface area (Å²) in [5.74, 6) is 0.316. The van der Waals surface area contributed by atoms with E-state index in [0.717, 1.165) is 11.1 Å². The van der Waals surface area contributed by atoms with Gasteiger partial charge in [-0.15, -0.1) is 0 Å². The summed E-state index contributed by atoms with van der Waals surface area (Å²) < 4.78 is 24.5. The van der Waals surface area contributed by atoms with Gasteiger partial charge in [-0.05, 0) is 29.2 Å². The number of benzene rings is 2. The Morgan fingerprint density at radius 1 is 0.895 bits per heavy atom.